The van der Waals surface area contributed by atoms with E-state index in [1.807, 2.05) is 42.5 Å². The van der Waals surface area contributed by atoms with Gasteiger partial charge in [0, 0.05) is 27.5 Å². The Morgan fingerprint density at radius 2 is 1.33 bits per heavy atom. The number of rotatable bonds is 5. The maximum absolute atomic E-state index is 12.1. The summed E-state index contributed by atoms with van der Waals surface area (Å²) in [5.74, 6) is -0.399. The molecule has 4 nitrogen and oxygen atoms in total. The topological polar surface area (TPSA) is 58.2 Å². The fourth-order valence-electron chi connectivity index (χ4n) is 2.36. The molecule has 0 fully saturated rings. The first-order chi connectivity index (χ1) is 13.1. The molecule has 3 rings (SSSR count). The van der Waals surface area contributed by atoms with E-state index < -0.39 is 0 Å². The van der Waals surface area contributed by atoms with Crippen molar-refractivity contribution in [2.24, 2.45) is 0 Å². The Labute approximate surface area is 166 Å². The van der Waals surface area contributed by atoms with Gasteiger partial charge in [0.2, 0.25) is 5.91 Å². The molecule has 0 aliphatic heterocycles. The summed E-state index contributed by atoms with van der Waals surface area (Å²) in [6.07, 6.45) is 3.23. The van der Waals surface area contributed by atoms with E-state index in [1.165, 1.54) is 6.08 Å². The molecule has 0 aromatic heterocycles. The maximum Gasteiger partial charge on any atom is 0.255 e. The van der Waals surface area contributed by atoms with Gasteiger partial charge in [-0.05, 0) is 60.2 Å². The molecule has 0 atom stereocenters. The minimum atomic E-state index is -0.223. The Hall–Kier alpha value is -3.18. The van der Waals surface area contributed by atoms with Crippen molar-refractivity contribution in [1.82, 2.24) is 0 Å². The standard InChI is InChI=1S/C22H17BrN2O2/c23-18-9-6-16(7-10-18)8-15-21(26)24-19-11-13-20(14-12-19)25-22(27)17-4-2-1-3-5-17/h1-15H,(H,24,26)(H,25,27). The second kappa shape index (κ2) is 8.96. The number of hydrogen-bond acceptors (Lipinski definition) is 2. The van der Waals surface area contributed by atoms with Crippen molar-refractivity contribution in [3.63, 3.8) is 0 Å². The summed E-state index contributed by atoms with van der Waals surface area (Å²) in [5.41, 5.74) is 2.84. The van der Waals surface area contributed by atoms with E-state index in [0.29, 0.717) is 16.9 Å². The molecule has 3 aromatic carbocycles. The number of halogens is 1. The molecule has 3 aromatic rings. The molecule has 0 bridgehead atoms. The third-order valence-electron chi connectivity index (χ3n) is 3.74. The van der Waals surface area contributed by atoms with E-state index in [0.717, 1.165) is 10.0 Å². The van der Waals surface area contributed by atoms with E-state index in [4.69, 9.17) is 0 Å². The number of anilines is 2. The molecular weight excluding hydrogens is 404 g/mol. The van der Waals surface area contributed by atoms with Gasteiger partial charge in [0.05, 0.1) is 0 Å². The van der Waals surface area contributed by atoms with Crippen LogP contribution in [0.2, 0.25) is 0 Å². The predicted molar refractivity (Wildman–Crippen MR) is 113 cm³/mol. The average Bonchev–Trinajstić information content (AvgIpc) is 2.70. The summed E-state index contributed by atoms with van der Waals surface area (Å²) in [6, 6.07) is 23.6. The second-order valence-electron chi connectivity index (χ2n) is 5.77. The Bertz CT molecular complexity index is 950. The molecule has 2 amide bonds. The minimum Gasteiger partial charge on any atom is -0.323 e. The zero-order valence-electron chi connectivity index (χ0n) is 14.4. The molecule has 0 saturated carbocycles. The smallest absolute Gasteiger partial charge is 0.255 e. The highest BCUT2D eigenvalue weighted by atomic mass is 79.9. The molecule has 0 unspecified atom stereocenters. The van der Waals surface area contributed by atoms with Crippen molar-refractivity contribution in [2.75, 3.05) is 10.6 Å². The van der Waals surface area contributed by atoms with Crippen LogP contribution in [0.4, 0.5) is 11.4 Å². The third-order valence-corrected chi connectivity index (χ3v) is 4.27. The van der Waals surface area contributed by atoms with Gasteiger partial charge in [-0.25, -0.2) is 0 Å². The van der Waals surface area contributed by atoms with Crippen molar-refractivity contribution < 1.29 is 9.59 Å². The van der Waals surface area contributed by atoms with Crippen LogP contribution in [-0.4, -0.2) is 11.8 Å². The zero-order valence-corrected chi connectivity index (χ0v) is 15.9. The highest BCUT2D eigenvalue weighted by molar-refractivity contribution is 9.10. The van der Waals surface area contributed by atoms with Crippen molar-refractivity contribution in [3.8, 4) is 0 Å². The summed E-state index contributed by atoms with van der Waals surface area (Å²) in [4.78, 5) is 24.1. The summed E-state index contributed by atoms with van der Waals surface area (Å²) in [6.45, 7) is 0. The van der Waals surface area contributed by atoms with Gasteiger partial charge in [-0.2, -0.15) is 0 Å². The highest BCUT2D eigenvalue weighted by Crippen LogP contribution is 2.15. The van der Waals surface area contributed by atoms with Gasteiger partial charge >= 0.3 is 0 Å². The van der Waals surface area contributed by atoms with Gasteiger partial charge in [-0.1, -0.05) is 46.3 Å². The third kappa shape index (κ3) is 5.66. The van der Waals surface area contributed by atoms with E-state index in [9.17, 15) is 9.59 Å². The molecule has 5 heteroatoms. The number of hydrogen-bond donors (Lipinski definition) is 2. The second-order valence-corrected chi connectivity index (χ2v) is 6.69. The van der Waals surface area contributed by atoms with E-state index in [1.54, 1.807) is 42.5 Å². The maximum atomic E-state index is 12.1. The van der Waals surface area contributed by atoms with Crippen molar-refractivity contribution in [1.29, 1.82) is 0 Å². The first-order valence-corrected chi connectivity index (χ1v) is 9.10. The van der Waals surface area contributed by atoms with Crippen LogP contribution >= 0.6 is 15.9 Å². The molecular formula is C22H17BrN2O2. The van der Waals surface area contributed by atoms with Crippen LogP contribution in [0.25, 0.3) is 6.08 Å². The van der Waals surface area contributed by atoms with Crippen molar-refractivity contribution in [3.05, 3.63) is 101 Å². The molecule has 0 saturated heterocycles. The van der Waals surface area contributed by atoms with Crippen LogP contribution in [0, 0.1) is 0 Å². The lowest BCUT2D eigenvalue weighted by Gasteiger charge is -2.07. The number of benzene rings is 3. The fourth-order valence-corrected chi connectivity index (χ4v) is 2.62. The minimum absolute atomic E-state index is 0.176. The van der Waals surface area contributed by atoms with Crippen LogP contribution in [0.5, 0.6) is 0 Å². The van der Waals surface area contributed by atoms with Crippen LogP contribution in [0.3, 0.4) is 0 Å². The SMILES string of the molecule is O=C(C=Cc1ccc(Br)cc1)Nc1ccc(NC(=O)c2ccccc2)cc1. The van der Waals surface area contributed by atoms with Crippen LogP contribution in [0.15, 0.2) is 89.4 Å². The lowest BCUT2D eigenvalue weighted by Crippen LogP contribution is -2.12. The molecule has 134 valence electrons. The largest absolute Gasteiger partial charge is 0.323 e. The highest BCUT2D eigenvalue weighted by Gasteiger charge is 2.05. The lowest BCUT2D eigenvalue weighted by molar-refractivity contribution is -0.111. The van der Waals surface area contributed by atoms with Gasteiger partial charge in [0.1, 0.15) is 0 Å². The fraction of sp³-hybridized carbons (Fsp3) is 0. The van der Waals surface area contributed by atoms with Crippen LogP contribution in [0.1, 0.15) is 15.9 Å². The van der Waals surface area contributed by atoms with Gasteiger partial charge in [0.25, 0.3) is 5.91 Å². The quantitative estimate of drug-likeness (QED) is 0.546. The molecule has 0 radical (unpaired) electrons. The van der Waals surface area contributed by atoms with Gasteiger partial charge < -0.3 is 10.6 Å². The Kier molecular flexibility index (Phi) is 6.18. The molecule has 0 aliphatic rings. The van der Waals surface area contributed by atoms with Gasteiger partial charge in [-0.15, -0.1) is 0 Å². The Balaban J connectivity index is 1.56. The number of carbonyl (C=O) groups is 2. The lowest BCUT2D eigenvalue weighted by atomic mass is 10.2. The monoisotopic (exact) mass is 420 g/mol. The van der Waals surface area contributed by atoms with Crippen LogP contribution < -0.4 is 10.6 Å². The molecule has 0 heterocycles. The predicted octanol–water partition coefficient (Wildman–Crippen LogP) is 5.35. The summed E-state index contributed by atoms with van der Waals surface area (Å²) in [7, 11) is 0. The normalized spacial score (nSPS) is 10.6. The van der Waals surface area contributed by atoms with E-state index in [-0.39, 0.29) is 11.8 Å². The first kappa shape index (κ1) is 18.6. The van der Waals surface area contributed by atoms with Gasteiger partial charge in [0.15, 0.2) is 0 Å². The molecule has 27 heavy (non-hydrogen) atoms. The average molecular weight is 421 g/mol. The van der Waals surface area contributed by atoms with E-state index >= 15 is 0 Å². The number of carbonyl (C=O) groups excluding carboxylic acids is 2. The van der Waals surface area contributed by atoms with Gasteiger partial charge in [-0.3, -0.25) is 9.59 Å². The number of nitrogens with one attached hydrogen (secondary N) is 2. The summed E-state index contributed by atoms with van der Waals surface area (Å²) in [5, 5.41) is 5.61. The Morgan fingerprint density at radius 1 is 0.741 bits per heavy atom. The summed E-state index contributed by atoms with van der Waals surface area (Å²) >= 11 is 3.37. The van der Waals surface area contributed by atoms with E-state index in [2.05, 4.69) is 26.6 Å². The van der Waals surface area contributed by atoms with Crippen molar-refractivity contribution in [2.45, 2.75) is 0 Å². The van der Waals surface area contributed by atoms with Crippen LogP contribution in [-0.2, 0) is 4.79 Å². The Morgan fingerprint density at radius 3 is 1.96 bits per heavy atom. The molecule has 2 N–H and O–H groups in total. The summed E-state index contributed by atoms with van der Waals surface area (Å²) < 4.78 is 0.989. The first-order valence-electron chi connectivity index (χ1n) is 8.31. The zero-order chi connectivity index (χ0) is 19.1. The van der Waals surface area contributed by atoms with Crippen molar-refractivity contribution >= 4 is 45.2 Å². The molecule has 0 spiro atoms. The molecule has 0 aliphatic carbocycles. The number of amides is 2.